The van der Waals surface area contributed by atoms with Crippen LogP contribution in [0, 0.1) is 0 Å². The topological polar surface area (TPSA) is 78.4 Å². The molecule has 0 amide bonds. The average Bonchev–Trinajstić information content (AvgIpc) is 2.61. The van der Waals surface area contributed by atoms with Gasteiger partial charge in [-0.1, -0.05) is 42.5 Å². The fourth-order valence-electron chi connectivity index (χ4n) is 2.68. The number of fused-ring (bicyclic) bond motifs is 1. The summed E-state index contributed by atoms with van der Waals surface area (Å²) in [6.07, 6.45) is 1.58. The third-order valence-corrected chi connectivity index (χ3v) is 3.91. The molecule has 6 heteroatoms. The van der Waals surface area contributed by atoms with E-state index in [0.717, 1.165) is 22.9 Å². The molecular formula is C19H20N4O2. The summed E-state index contributed by atoms with van der Waals surface area (Å²) >= 11 is 0. The molecule has 0 radical (unpaired) electrons. The van der Waals surface area contributed by atoms with Crippen molar-refractivity contribution in [3.63, 3.8) is 0 Å². The average molecular weight is 336 g/mol. The van der Waals surface area contributed by atoms with E-state index in [1.165, 1.54) is 0 Å². The zero-order valence-electron chi connectivity index (χ0n) is 14.2. The minimum absolute atomic E-state index is 0.00120. The highest BCUT2D eigenvalue weighted by atomic mass is 16.4. The van der Waals surface area contributed by atoms with Gasteiger partial charge in [0.15, 0.2) is 5.69 Å². The quantitative estimate of drug-likeness (QED) is 0.720. The lowest BCUT2D eigenvalue weighted by atomic mass is 9.98. The molecule has 0 aliphatic carbocycles. The second-order valence-corrected chi connectivity index (χ2v) is 6.02. The van der Waals surface area contributed by atoms with Crippen LogP contribution in [0.3, 0.4) is 0 Å². The molecule has 0 saturated heterocycles. The number of aromatic carboxylic acids is 1. The Morgan fingerprint density at radius 1 is 1.12 bits per heavy atom. The maximum absolute atomic E-state index is 11.7. The third-order valence-electron chi connectivity index (χ3n) is 3.91. The lowest BCUT2D eigenvalue weighted by molar-refractivity contribution is 0.0691. The molecule has 128 valence electrons. The number of rotatable bonds is 6. The van der Waals surface area contributed by atoms with Gasteiger partial charge in [0.25, 0.3) is 0 Å². The van der Waals surface area contributed by atoms with Crippen LogP contribution >= 0.6 is 0 Å². The van der Waals surface area contributed by atoms with E-state index in [1.54, 1.807) is 6.20 Å². The van der Waals surface area contributed by atoms with Crippen molar-refractivity contribution < 1.29 is 9.90 Å². The highest BCUT2D eigenvalue weighted by Crippen LogP contribution is 2.30. The molecule has 25 heavy (non-hydrogen) atoms. The molecular weight excluding hydrogens is 316 g/mol. The molecule has 3 aromatic rings. The molecule has 1 heterocycles. The number of benzene rings is 2. The SMILES string of the molecule is CN(C)CCNc1ncc(-c2cccc3ccccc23)c(C(=O)O)n1. The molecule has 3 rings (SSSR count). The minimum Gasteiger partial charge on any atom is -0.476 e. The summed E-state index contributed by atoms with van der Waals surface area (Å²) in [5.74, 6) is -0.746. The molecule has 2 N–H and O–H groups in total. The van der Waals surface area contributed by atoms with Crippen molar-refractivity contribution in [2.75, 3.05) is 32.5 Å². The van der Waals surface area contributed by atoms with Crippen LogP contribution in [-0.2, 0) is 0 Å². The zero-order valence-corrected chi connectivity index (χ0v) is 14.2. The van der Waals surface area contributed by atoms with Gasteiger partial charge < -0.3 is 15.3 Å². The lowest BCUT2D eigenvalue weighted by Gasteiger charge is -2.12. The summed E-state index contributed by atoms with van der Waals surface area (Å²) in [4.78, 5) is 22.3. The molecule has 0 fully saturated rings. The van der Waals surface area contributed by atoms with Gasteiger partial charge in [0.2, 0.25) is 5.95 Å². The van der Waals surface area contributed by atoms with E-state index in [4.69, 9.17) is 0 Å². The zero-order chi connectivity index (χ0) is 17.8. The van der Waals surface area contributed by atoms with Crippen LogP contribution in [0.25, 0.3) is 21.9 Å². The van der Waals surface area contributed by atoms with Crippen molar-refractivity contribution in [3.8, 4) is 11.1 Å². The summed E-state index contributed by atoms with van der Waals surface area (Å²) < 4.78 is 0. The first kappa shape index (κ1) is 16.9. The Bertz CT molecular complexity index is 904. The van der Waals surface area contributed by atoms with Gasteiger partial charge in [-0.2, -0.15) is 0 Å². The van der Waals surface area contributed by atoms with Crippen LogP contribution < -0.4 is 5.32 Å². The van der Waals surface area contributed by atoms with Crippen LogP contribution in [0.1, 0.15) is 10.5 Å². The normalized spacial score (nSPS) is 11.0. The smallest absolute Gasteiger partial charge is 0.355 e. The van der Waals surface area contributed by atoms with Gasteiger partial charge in [-0.25, -0.2) is 14.8 Å². The fraction of sp³-hybridized carbons (Fsp3) is 0.211. The van der Waals surface area contributed by atoms with Crippen molar-refractivity contribution >= 4 is 22.7 Å². The van der Waals surface area contributed by atoms with Crippen molar-refractivity contribution in [2.45, 2.75) is 0 Å². The van der Waals surface area contributed by atoms with Crippen LogP contribution in [-0.4, -0.2) is 53.1 Å². The first-order valence-corrected chi connectivity index (χ1v) is 8.03. The molecule has 0 unspecified atom stereocenters. The third kappa shape index (κ3) is 3.75. The second-order valence-electron chi connectivity index (χ2n) is 6.02. The van der Waals surface area contributed by atoms with Crippen LogP contribution in [0.4, 0.5) is 5.95 Å². The summed E-state index contributed by atoms with van der Waals surface area (Å²) in [7, 11) is 3.93. The van der Waals surface area contributed by atoms with E-state index in [9.17, 15) is 9.90 Å². The molecule has 0 spiro atoms. The van der Waals surface area contributed by atoms with E-state index in [1.807, 2.05) is 61.5 Å². The summed E-state index contributed by atoms with van der Waals surface area (Å²) in [5.41, 5.74) is 1.33. The number of nitrogens with zero attached hydrogens (tertiary/aromatic N) is 3. The van der Waals surface area contributed by atoms with Gasteiger partial charge in [0.05, 0.1) is 0 Å². The minimum atomic E-state index is -1.07. The molecule has 0 aliphatic rings. The van der Waals surface area contributed by atoms with Gasteiger partial charge in [-0.3, -0.25) is 0 Å². The van der Waals surface area contributed by atoms with Crippen LogP contribution in [0.15, 0.2) is 48.7 Å². The van der Waals surface area contributed by atoms with E-state index < -0.39 is 5.97 Å². The Kier molecular flexibility index (Phi) is 4.90. The predicted molar refractivity (Wildman–Crippen MR) is 99.0 cm³/mol. The Balaban J connectivity index is 2.02. The molecule has 2 aromatic carbocycles. The van der Waals surface area contributed by atoms with Crippen molar-refractivity contribution in [1.29, 1.82) is 0 Å². The van der Waals surface area contributed by atoms with E-state index in [2.05, 4.69) is 15.3 Å². The maximum Gasteiger partial charge on any atom is 0.355 e. The Hall–Kier alpha value is -2.99. The highest BCUT2D eigenvalue weighted by molar-refractivity contribution is 6.02. The fourth-order valence-corrected chi connectivity index (χ4v) is 2.68. The van der Waals surface area contributed by atoms with Gasteiger partial charge in [-0.05, 0) is 30.4 Å². The van der Waals surface area contributed by atoms with E-state index >= 15 is 0 Å². The summed E-state index contributed by atoms with van der Waals surface area (Å²) in [6, 6.07) is 13.7. The molecule has 0 saturated carbocycles. The Labute approximate surface area is 146 Å². The molecule has 1 aromatic heterocycles. The van der Waals surface area contributed by atoms with Crippen molar-refractivity contribution in [2.24, 2.45) is 0 Å². The molecule has 0 bridgehead atoms. The first-order chi connectivity index (χ1) is 12.1. The second kappa shape index (κ2) is 7.27. The standard InChI is InChI=1S/C19H20N4O2/c1-23(2)11-10-20-19-21-12-16(17(22-19)18(24)25)15-9-5-7-13-6-3-4-8-14(13)15/h3-9,12H,10-11H2,1-2H3,(H,24,25)(H,20,21,22). The van der Waals surface area contributed by atoms with Gasteiger partial charge >= 0.3 is 5.97 Å². The van der Waals surface area contributed by atoms with Crippen molar-refractivity contribution in [3.05, 3.63) is 54.4 Å². The number of carbonyl (C=O) groups is 1. The van der Waals surface area contributed by atoms with Crippen LogP contribution in [0.2, 0.25) is 0 Å². The van der Waals surface area contributed by atoms with Crippen LogP contribution in [0.5, 0.6) is 0 Å². The Morgan fingerprint density at radius 2 is 1.88 bits per heavy atom. The molecule has 0 aliphatic heterocycles. The number of likely N-dealkylation sites (N-methyl/N-ethyl adjacent to an activating group) is 1. The monoisotopic (exact) mass is 336 g/mol. The predicted octanol–water partition coefficient (Wildman–Crippen LogP) is 2.97. The molecule has 0 atom stereocenters. The summed E-state index contributed by atoms with van der Waals surface area (Å²) in [6.45, 7) is 1.44. The lowest BCUT2D eigenvalue weighted by Crippen LogP contribution is -2.22. The number of carboxylic acids is 1. The van der Waals surface area contributed by atoms with Gasteiger partial charge in [-0.15, -0.1) is 0 Å². The van der Waals surface area contributed by atoms with Gasteiger partial charge in [0, 0.05) is 24.8 Å². The first-order valence-electron chi connectivity index (χ1n) is 8.03. The highest BCUT2D eigenvalue weighted by Gasteiger charge is 2.17. The number of hydrogen-bond acceptors (Lipinski definition) is 5. The number of anilines is 1. The molecule has 6 nitrogen and oxygen atoms in total. The van der Waals surface area contributed by atoms with Gasteiger partial charge in [0.1, 0.15) is 0 Å². The maximum atomic E-state index is 11.7. The van der Waals surface area contributed by atoms with E-state index in [-0.39, 0.29) is 5.69 Å². The largest absolute Gasteiger partial charge is 0.476 e. The number of carboxylic acid groups (broad SMARTS) is 1. The summed E-state index contributed by atoms with van der Waals surface area (Å²) in [5, 5.41) is 14.7. The number of nitrogens with one attached hydrogen (secondary N) is 1. The number of hydrogen-bond donors (Lipinski definition) is 2. The van der Waals surface area contributed by atoms with E-state index in [0.29, 0.717) is 18.1 Å². The van der Waals surface area contributed by atoms with Crippen molar-refractivity contribution in [1.82, 2.24) is 14.9 Å². The number of aromatic nitrogens is 2. The Morgan fingerprint density at radius 3 is 2.64 bits per heavy atom.